The van der Waals surface area contributed by atoms with E-state index in [1.54, 1.807) is 0 Å². The summed E-state index contributed by atoms with van der Waals surface area (Å²) < 4.78 is 42.0. The monoisotopic (exact) mass is 446 g/mol. The molecule has 168 valence electrons. The van der Waals surface area contributed by atoms with Crippen LogP contribution in [0.2, 0.25) is 0 Å². The van der Waals surface area contributed by atoms with Gasteiger partial charge in [0.2, 0.25) is 0 Å². The van der Waals surface area contributed by atoms with Crippen molar-refractivity contribution in [3.8, 4) is 0 Å². The first-order valence-corrected chi connectivity index (χ1v) is 12.1. The molecule has 0 saturated heterocycles. The molecule has 9 heteroatoms. The van der Waals surface area contributed by atoms with Crippen molar-refractivity contribution < 1.29 is 63.0 Å². The van der Waals surface area contributed by atoms with E-state index in [1.165, 1.54) is 6.42 Å². The molecule has 1 N–H and O–H groups in total. The molecule has 0 bridgehead atoms. The van der Waals surface area contributed by atoms with Gasteiger partial charge in [-0.15, -0.1) is 0 Å². The molecule has 0 rings (SSSR count). The van der Waals surface area contributed by atoms with Gasteiger partial charge in [0.1, 0.15) is 0 Å². The van der Waals surface area contributed by atoms with Gasteiger partial charge in [0, 0.05) is 0 Å². The van der Waals surface area contributed by atoms with E-state index < -0.39 is 33.7 Å². The number of rotatable bonds is 18. The summed E-state index contributed by atoms with van der Waals surface area (Å²) in [6, 6.07) is 0. The molecule has 0 amide bonds. The minimum Gasteiger partial charge on any atom is -1.00 e. The van der Waals surface area contributed by atoms with Crippen molar-refractivity contribution in [1.82, 2.24) is 0 Å². The number of carbonyl (C=O) groups excluding carboxylic acids is 2. The fourth-order valence-corrected chi connectivity index (χ4v) is 3.39. The molecule has 0 fully saturated rings. The number of unbranched alkanes of at least 4 members (excludes halogenated alkanes) is 10. The first-order valence-electron chi connectivity index (χ1n) is 10.6. The van der Waals surface area contributed by atoms with Gasteiger partial charge in [-0.05, 0) is 12.8 Å². The van der Waals surface area contributed by atoms with Crippen LogP contribution in [-0.4, -0.2) is 43.4 Å². The molecule has 0 spiro atoms. The zero-order chi connectivity index (χ0) is 21.3. The van der Waals surface area contributed by atoms with Crippen LogP contribution in [0, 0.1) is 0 Å². The van der Waals surface area contributed by atoms with E-state index in [1.807, 2.05) is 0 Å². The SMILES string of the molecule is CCCCCCCCOC(=O)CC(C(=O)OCCCCCCCC)S(=O)(=O)O.[H-].[Na+]. The molecular formula is C20H39NaO7S. The van der Waals surface area contributed by atoms with Crippen molar-refractivity contribution >= 4 is 22.1 Å². The maximum atomic E-state index is 12.0. The molecule has 0 aromatic carbocycles. The Bertz CT molecular complexity index is 529. The first kappa shape index (κ1) is 31.0. The Labute approximate surface area is 200 Å². The van der Waals surface area contributed by atoms with E-state index in [9.17, 15) is 22.6 Å². The second-order valence-corrected chi connectivity index (χ2v) is 8.73. The Morgan fingerprint density at radius 2 is 1.21 bits per heavy atom. The summed E-state index contributed by atoms with van der Waals surface area (Å²) in [6.07, 6.45) is 11.3. The smallest absolute Gasteiger partial charge is 1.00 e. The van der Waals surface area contributed by atoms with Crippen molar-refractivity contribution in [3.05, 3.63) is 0 Å². The van der Waals surface area contributed by atoms with Crippen LogP contribution >= 0.6 is 0 Å². The van der Waals surface area contributed by atoms with Gasteiger partial charge in [-0.2, -0.15) is 8.42 Å². The summed E-state index contributed by atoms with van der Waals surface area (Å²) >= 11 is 0. The van der Waals surface area contributed by atoms with Gasteiger partial charge in [0.15, 0.2) is 5.25 Å². The summed E-state index contributed by atoms with van der Waals surface area (Å²) in [6.45, 7) is 4.50. The van der Waals surface area contributed by atoms with Gasteiger partial charge in [-0.3, -0.25) is 14.1 Å². The Hall–Kier alpha value is -0.150. The third-order valence-electron chi connectivity index (χ3n) is 4.48. The summed E-state index contributed by atoms with van der Waals surface area (Å²) in [5.41, 5.74) is 0. The van der Waals surface area contributed by atoms with Crippen molar-refractivity contribution in [2.45, 2.75) is 103 Å². The molecule has 0 aromatic rings. The predicted molar refractivity (Wildman–Crippen MR) is 110 cm³/mol. The fourth-order valence-electron chi connectivity index (χ4n) is 2.74. The average Bonchev–Trinajstić information content (AvgIpc) is 2.63. The first-order chi connectivity index (χ1) is 13.3. The fraction of sp³-hybridized carbons (Fsp3) is 0.900. The molecule has 0 heterocycles. The van der Waals surface area contributed by atoms with Crippen molar-refractivity contribution in [3.63, 3.8) is 0 Å². The van der Waals surface area contributed by atoms with Gasteiger partial charge < -0.3 is 10.9 Å². The number of esters is 2. The van der Waals surface area contributed by atoms with E-state index in [-0.39, 0.29) is 44.2 Å². The van der Waals surface area contributed by atoms with Gasteiger partial charge in [-0.1, -0.05) is 78.1 Å². The maximum absolute atomic E-state index is 12.0. The van der Waals surface area contributed by atoms with Crippen LogP contribution in [-0.2, 0) is 29.2 Å². The van der Waals surface area contributed by atoms with Gasteiger partial charge in [0.05, 0.1) is 19.6 Å². The Morgan fingerprint density at radius 3 is 1.66 bits per heavy atom. The molecule has 29 heavy (non-hydrogen) atoms. The van der Waals surface area contributed by atoms with Crippen molar-refractivity contribution in [2.75, 3.05) is 13.2 Å². The predicted octanol–water partition coefficient (Wildman–Crippen LogP) is 1.56. The minimum absolute atomic E-state index is 0. The topological polar surface area (TPSA) is 107 Å². The molecule has 0 radical (unpaired) electrons. The second-order valence-electron chi connectivity index (χ2n) is 7.13. The van der Waals surface area contributed by atoms with Crippen LogP contribution in [0.1, 0.15) is 98.7 Å². The van der Waals surface area contributed by atoms with Gasteiger partial charge in [-0.25, -0.2) is 0 Å². The van der Waals surface area contributed by atoms with Crippen molar-refractivity contribution in [2.24, 2.45) is 0 Å². The van der Waals surface area contributed by atoms with E-state index in [0.29, 0.717) is 12.8 Å². The Morgan fingerprint density at radius 1 is 0.793 bits per heavy atom. The number of ether oxygens (including phenoxy) is 2. The third-order valence-corrected chi connectivity index (χ3v) is 5.56. The largest absolute Gasteiger partial charge is 1.00 e. The van der Waals surface area contributed by atoms with E-state index in [4.69, 9.17) is 9.47 Å². The molecule has 0 aliphatic rings. The van der Waals surface area contributed by atoms with Crippen LogP contribution in [0.3, 0.4) is 0 Å². The van der Waals surface area contributed by atoms with Crippen LogP contribution in [0.4, 0.5) is 0 Å². The normalized spacial score (nSPS) is 12.1. The second kappa shape index (κ2) is 19.8. The molecule has 0 aromatic heterocycles. The van der Waals surface area contributed by atoms with Crippen molar-refractivity contribution in [1.29, 1.82) is 0 Å². The number of hydrogen-bond donors (Lipinski definition) is 1. The molecule has 1 atom stereocenters. The molecule has 0 saturated carbocycles. The van der Waals surface area contributed by atoms with Crippen LogP contribution in [0.15, 0.2) is 0 Å². The molecule has 7 nitrogen and oxygen atoms in total. The van der Waals surface area contributed by atoms with E-state index in [2.05, 4.69) is 13.8 Å². The number of hydrogen-bond acceptors (Lipinski definition) is 6. The van der Waals surface area contributed by atoms with E-state index in [0.717, 1.165) is 57.8 Å². The summed E-state index contributed by atoms with van der Waals surface area (Å²) in [7, 11) is -4.73. The standard InChI is InChI=1S/C20H38O7S.Na.H/c1-3-5-7-9-11-13-15-26-19(21)17-18(28(23,24)25)20(22)27-16-14-12-10-8-6-4-2;;/h18H,3-17H2,1-2H3,(H,23,24,25);;/q;+1;-1. The maximum Gasteiger partial charge on any atom is 1.00 e. The Kier molecular flexibility index (Phi) is 21.2. The van der Waals surface area contributed by atoms with Crippen LogP contribution < -0.4 is 29.6 Å². The van der Waals surface area contributed by atoms with Crippen LogP contribution in [0.5, 0.6) is 0 Å². The molecule has 0 aliphatic carbocycles. The Balaban J connectivity index is -0.00000364. The minimum atomic E-state index is -4.73. The third kappa shape index (κ3) is 18.3. The zero-order valence-corrected chi connectivity index (χ0v) is 21.3. The van der Waals surface area contributed by atoms with Gasteiger partial charge >= 0.3 is 41.5 Å². The van der Waals surface area contributed by atoms with Gasteiger partial charge in [0.25, 0.3) is 10.1 Å². The average molecular weight is 447 g/mol. The van der Waals surface area contributed by atoms with Crippen LogP contribution in [0.25, 0.3) is 0 Å². The molecule has 0 aliphatic heterocycles. The molecular weight excluding hydrogens is 407 g/mol. The summed E-state index contributed by atoms with van der Waals surface area (Å²) in [4.78, 5) is 23.8. The number of carbonyl (C=O) groups is 2. The summed E-state index contributed by atoms with van der Waals surface area (Å²) in [5, 5.41) is -1.93. The summed E-state index contributed by atoms with van der Waals surface area (Å²) in [5.74, 6) is -1.93. The quantitative estimate of drug-likeness (QED) is 0.147. The molecule has 1 unspecified atom stereocenters. The van der Waals surface area contributed by atoms with E-state index >= 15 is 0 Å². The zero-order valence-electron chi connectivity index (χ0n) is 19.5.